The van der Waals surface area contributed by atoms with Gasteiger partial charge in [-0.2, -0.15) is 5.26 Å². The fourth-order valence-electron chi connectivity index (χ4n) is 3.81. The molecule has 4 aromatic rings. The summed E-state index contributed by atoms with van der Waals surface area (Å²) in [5.41, 5.74) is 4.45. The highest BCUT2D eigenvalue weighted by atomic mass is 32.1. The second-order valence-corrected chi connectivity index (χ2v) is 8.67. The molecule has 0 saturated heterocycles. The van der Waals surface area contributed by atoms with Crippen LogP contribution >= 0.6 is 12.2 Å². The van der Waals surface area contributed by atoms with Crippen LogP contribution in [-0.4, -0.2) is 33.2 Å². The van der Waals surface area contributed by atoms with Crippen molar-refractivity contribution in [2.75, 3.05) is 19.0 Å². The van der Waals surface area contributed by atoms with Crippen LogP contribution in [0.1, 0.15) is 22.4 Å². The molecule has 4 rings (SSSR count). The molecule has 0 atom stereocenters. The molecule has 8 heteroatoms. The number of thiocarbonyl (C=S) groups is 1. The normalized spacial score (nSPS) is 10.5. The fraction of sp³-hybridized carbons (Fsp3) is 0.179. The highest BCUT2D eigenvalue weighted by molar-refractivity contribution is 7.80. The number of rotatable bonds is 9. The van der Waals surface area contributed by atoms with E-state index < -0.39 is 0 Å². The second-order valence-electron chi connectivity index (χ2n) is 8.28. The van der Waals surface area contributed by atoms with Gasteiger partial charge in [0.2, 0.25) is 0 Å². The summed E-state index contributed by atoms with van der Waals surface area (Å²) >= 11 is 5.75. The summed E-state index contributed by atoms with van der Waals surface area (Å²) in [6.45, 7) is 1.72. The highest BCUT2D eigenvalue weighted by Gasteiger charge is 2.14. The van der Waals surface area contributed by atoms with Gasteiger partial charge in [-0.25, -0.2) is 9.37 Å². The molecule has 0 aliphatic rings. The molecule has 0 unspecified atom stereocenters. The summed E-state index contributed by atoms with van der Waals surface area (Å²) in [7, 11) is 1.62. The predicted octanol–water partition coefficient (Wildman–Crippen LogP) is 5.39. The molecule has 0 spiro atoms. The Morgan fingerprint density at radius 2 is 1.89 bits per heavy atom. The Kier molecular flexibility index (Phi) is 8.27. The van der Waals surface area contributed by atoms with Crippen molar-refractivity contribution < 1.29 is 9.13 Å². The van der Waals surface area contributed by atoms with Crippen LogP contribution in [-0.2, 0) is 19.5 Å². The fourth-order valence-corrected chi connectivity index (χ4v) is 4.09. The third-order valence-electron chi connectivity index (χ3n) is 5.76. The lowest BCUT2D eigenvalue weighted by Crippen LogP contribution is -2.36. The van der Waals surface area contributed by atoms with Crippen molar-refractivity contribution in [1.82, 2.24) is 14.5 Å². The number of halogens is 1. The number of benzene rings is 3. The summed E-state index contributed by atoms with van der Waals surface area (Å²) in [4.78, 5) is 6.36. The van der Waals surface area contributed by atoms with Crippen LogP contribution < -0.4 is 10.1 Å². The predicted molar refractivity (Wildman–Crippen MR) is 142 cm³/mol. The Morgan fingerprint density at radius 1 is 1.11 bits per heavy atom. The van der Waals surface area contributed by atoms with Gasteiger partial charge in [0.05, 0.1) is 25.1 Å². The van der Waals surface area contributed by atoms with Gasteiger partial charge >= 0.3 is 0 Å². The van der Waals surface area contributed by atoms with E-state index in [0.717, 1.165) is 28.3 Å². The smallest absolute Gasteiger partial charge is 0.173 e. The number of aromatic nitrogens is 2. The number of hydrogen-bond donors (Lipinski definition) is 1. The van der Waals surface area contributed by atoms with Gasteiger partial charge in [-0.1, -0.05) is 24.3 Å². The lowest BCUT2D eigenvalue weighted by molar-refractivity contribution is 0.414. The van der Waals surface area contributed by atoms with Crippen LogP contribution in [0.5, 0.6) is 5.75 Å². The van der Waals surface area contributed by atoms with Gasteiger partial charge in [-0.05, 0) is 71.9 Å². The number of nitriles is 1. The van der Waals surface area contributed by atoms with Crippen LogP contribution in [0.3, 0.4) is 0 Å². The summed E-state index contributed by atoms with van der Waals surface area (Å²) in [5, 5.41) is 12.8. The Hall–Kier alpha value is -4.22. The van der Waals surface area contributed by atoms with Crippen molar-refractivity contribution in [3.63, 3.8) is 0 Å². The van der Waals surface area contributed by atoms with E-state index in [4.69, 9.17) is 22.2 Å². The molecule has 0 fully saturated rings. The number of ether oxygens (including phenoxy) is 1. The minimum Gasteiger partial charge on any atom is -0.497 e. The van der Waals surface area contributed by atoms with Crippen LogP contribution in [0.2, 0.25) is 0 Å². The first-order chi connectivity index (χ1) is 17.5. The van der Waals surface area contributed by atoms with E-state index in [2.05, 4.69) is 20.9 Å². The number of nitrogens with one attached hydrogen (secondary N) is 1. The second kappa shape index (κ2) is 12.0. The van der Waals surface area contributed by atoms with E-state index in [1.165, 1.54) is 12.1 Å². The van der Waals surface area contributed by atoms with Gasteiger partial charge in [-0.3, -0.25) is 0 Å². The molecule has 0 radical (unpaired) electrons. The first-order valence-corrected chi connectivity index (χ1v) is 11.9. The third kappa shape index (κ3) is 6.68. The maximum Gasteiger partial charge on any atom is 0.173 e. The molecule has 1 aromatic heterocycles. The van der Waals surface area contributed by atoms with Gasteiger partial charge in [0.25, 0.3) is 0 Å². The summed E-state index contributed by atoms with van der Waals surface area (Å²) in [6, 6.07) is 23.8. The lowest BCUT2D eigenvalue weighted by Gasteiger charge is -2.26. The van der Waals surface area contributed by atoms with Crippen molar-refractivity contribution in [3.05, 3.63) is 114 Å². The Labute approximate surface area is 215 Å². The Balaban J connectivity index is 1.47. The number of anilines is 1. The van der Waals surface area contributed by atoms with Crippen molar-refractivity contribution in [2.45, 2.75) is 19.5 Å². The van der Waals surface area contributed by atoms with E-state index in [9.17, 15) is 4.39 Å². The zero-order valence-corrected chi connectivity index (χ0v) is 20.7. The van der Waals surface area contributed by atoms with E-state index in [-0.39, 0.29) is 5.82 Å². The van der Waals surface area contributed by atoms with Crippen molar-refractivity contribution >= 4 is 23.0 Å². The number of hydrogen-bond acceptors (Lipinski definition) is 4. The number of imidazole rings is 1. The van der Waals surface area contributed by atoms with E-state index in [1.807, 2.05) is 65.7 Å². The van der Waals surface area contributed by atoms with Crippen LogP contribution in [0, 0.1) is 17.1 Å². The van der Waals surface area contributed by atoms with Gasteiger partial charge in [-0.15, -0.1) is 0 Å². The third-order valence-corrected chi connectivity index (χ3v) is 6.12. The van der Waals surface area contributed by atoms with Crippen LogP contribution in [0.25, 0.3) is 0 Å². The van der Waals surface area contributed by atoms with Gasteiger partial charge in [0.15, 0.2) is 5.11 Å². The van der Waals surface area contributed by atoms with Gasteiger partial charge < -0.3 is 19.5 Å². The summed E-state index contributed by atoms with van der Waals surface area (Å²) in [6.07, 6.45) is 4.35. The monoisotopic (exact) mass is 499 g/mol. The van der Waals surface area contributed by atoms with Crippen LogP contribution in [0.4, 0.5) is 10.1 Å². The molecule has 1 heterocycles. The topological polar surface area (TPSA) is 66.1 Å². The first-order valence-electron chi connectivity index (χ1n) is 11.5. The molecule has 182 valence electrons. The molecule has 6 nitrogen and oxygen atoms in total. The summed E-state index contributed by atoms with van der Waals surface area (Å²) < 4.78 is 21.2. The molecule has 3 aromatic carbocycles. The van der Waals surface area contributed by atoms with Gasteiger partial charge in [0, 0.05) is 43.6 Å². The minimum absolute atomic E-state index is 0.276. The molecule has 0 amide bonds. The zero-order valence-electron chi connectivity index (χ0n) is 19.9. The maximum atomic E-state index is 13.8. The number of methoxy groups -OCH3 is 1. The molecular formula is C28H26FN5OS. The Bertz CT molecular complexity index is 1350. The molecule has 1 N–H and O–H groups in total. The maximum absolute atomic E-state index is 13.8. The first kappa shape index (κ1) is 24.9. The molecule has 0 bridgehead atoms. The molecule has 36 heavy (non-hydrogen) atoms. The highest BCUT2D eigenvalue weighted by Crippen LogP contribution is 2.17. The molecule has 0 saturated carbocycles. The zero-order chi connectivity index (χ0) is 25.3. The lowest BCUT2D eigenvalue weighted by atomic mass is 10.1. The van der Waals surface area contributed by atoms with Crippen molar-refractivity contribution in [2.24, 2.45) is 0 Å². The largest absolute Gasteiger partial charge is 0.497 e. The summed E-state index contributed by atoms with van der Waals surface area (Å²) in [5.74, 6) is 0.487. The van der Waals surface area contributed by atoms with Crippen molar-refractivity contribution in [3.8, 4) is 11.8 Å². The van der Waals surface area contributed by atoms with Crippen molar-refractivity contribution in [1.29, 1.82) is 5.26 Å². The molecular weight excluding hydrogens is 473 g/mol. The quantitative estimate of drug-likeness (QED) is 0.312. The van der Waals surface area contributed by atoms with E-state index >= 15 is 0 Å². The SMILES string of the molecule is COc1ccc(NC(=S)N(CCc2cncn2Cc2ccc(C#N)cc2)Cc2cccc(F)c2)cc1. The van der Waals surface area contributed by atoms with Crippen LogP contribution in [0.15, 0.2) is 85.3 Å². The van der Waals surface area contributed by atoms with E-state index in [0.29, 0.717) is 36.7 Å². The van der Waals surface area contributed by atoms with E-state index in [1.54, 1.807) is 19.5 Å². The average Bonchev–Trinajstić information content (AvgIpc) is 3.34. The van der Waals surface area contributed by atoms with Gasteiger partial charge in [0.1, 0.15) is 11.6 Å². The minimum atomic E-state index is -0.276. The molecule has 0 aliphatic carbocycles. The standard InChI is InChI=1S/C28H26FN5OS/c1-35-27-11-9-25(10-12-27)32-28(36)33(19-23-3-2-4-24(29)15-23)14-13-26-17-31-20-34(26)18-22-7-5-21(16-30)6-8-22/h2-12,15,17,20H,13-14,18-19H2,1H3,(H,32,36). The Morgan fingerprint density at radius 3 is 2.58 bits per heavy atom. The molecule has 0 aliphatic heterocycles. The number of nitrogens with zero attached hydrogens (tertiary/aromatic N) is 4. The average molecular weight is 500 g/mol.